The number of ether oxygens (including phenoxy) is 2. The summed E-state index contributed by atoms with van der Waals surface area (Å²) < 4.78 is 12.0. The molecule has 0 aromatic heterocycles. The van der Waals surface area contributed by atoms with Crippen molar-refractivity contribution in [3.63, 3.8) is 0 Å². The molecule has 2 aromatic rings. The normalized spacial score (nSPS) is 24.3. The van der Waals surface area contributed by atoms with Crippen LogP contribution in [0.15, 0.2) is 54.6 Å². The number of rotatable bonds is 5. The predicted molar refractivity (Wildman–Crippen MR) is 115 cm³/mol. The van der Waals surface area contributed by atoms with Gasteiger partial charge in [0.15, 0.2) is 11.5 Å². The molecule has 5 rings (SSSR count). The zero-order valence-electron chi connectivity index (χ0n) is 17.3. The first-order chi connectivity index (χ1) is 14.8. The van der Waals surface area contributed by atoms with Gasteiger partial charge in [-0.1, -0.05) is 42.5 Å². The average Bonchev–Trinajstić information content (AvgIpc) is 3.15. The van der Waals surface area contributed by atoms with Gasteiger partial charge in [-0.25, -0.2) is 4.79 Å². The molecular formula is C24H29N3O3. The molecule has 0 unspecified atom stereocenters. The van der Waals surface area contributed by atoms with E-state index in [-0.39, 0.29) is 18.2 Å². The zero-order valence-corrected chi connectivity index (χ0v) is 17.3. The number of nitrogens with zero attached hydrogens (tertiary/aromatic N) is 3. The number of carbonyl (C=O) groups is 1. The molecule has 2 amide bonds. The predicted octanol–water partition coefficient (Wildman–Crippen LogP) is 3.23. The van der Waals surface area contributed by atoms with Crippen LogP contribution in [0.5, 0.6) is 11.5 Å². The largest absolute Gasteiger partial charge is 0.486 e. The second-order valence-corrected chi connectivity index (χ2v) is 8.44. The molecule has 3 aliphatic heterocycles. The summed E-state index contributed by atoms with van der Waals surface area (Å²) in [5, 5.41) is 0. The first kappa shape index (κ1) is 19.2. The van der Waals surface area contributed by atoms with E-state index in [4.69, 9.17) is 9.47 Å². The molecule has 158 valence electrons. The van der Waals surface area contributed by atoms with Gasteiger partial charge in [-0.3, -0.25) is 4.90 Å². The fourth-order valence-corrected chi connectivity index (χ4v) is 4.78. The quantitative estimate of drug-likeness (QED) is 0.764. The third kappa shape index (κ3) is 4.10. The molecule has 6 heteroatoms. The second kappa shape index (κ2) is 8.56. The number of hydrogen-bond acceptors (Lipinski definition) is 4. The van der Waals surface area contributed by atoms with Gasteiger partial charge in [-0.2, -0.15) is 0 Å². The van der Waals surface area contributed by atoms with Crippen molar-refractivity contribution in [1.82, 2.24) is 14.7 Å². The summed E-state index contributed by atoms with van der Waals surface area (Å²) in [4.78, 5) is 19.5. The first-order valence-corrected chi connectivity index (χ1v) is 11.0. The maximum Gasteiger partial charge on any atom is 0.320 e. The van der Waals surface area contributed by atoms with E-state index in [0.29, 0.717) is 13.2 Å². The Bertz CT molecular complexity index is 875. The molecule has 0 spiro atoms. The number of carbonyl (C=O) groups excluding carboxylic acids is 1. The van der Waals surface area contributed by atoms with E-state index in [1.165, 1.54) is 5.56 Å². The van der Waals surface area contributed by atoms with Crippen molar-refractivity contribution >= 4 is 6.03 Å². The summed E-state index contributed by atoms with van der Waals surface area (Å²) >= 11 is 0. The van der Waals surface area contributed by atoms with Gasteiger partial charge in [-0.15, -0.1) is 0 Å². The molecule has 3 aliphatic rings. The van der Waals surface area contributed by atoms with Crippen molar-refractivity contribution < 1.29 is 14.3 Å². The third-order valence-electron chi connectivity index (χ3n) is 6.29. The highest BCUT2D eigenvalue weighted by Gasteiger charge is 2.36. The van der Waals surface area contributed by atoms with Gasteiger partial charge in [-0.05, 0) is 37.1 Å². The van der Waals surface area contributed by atoms with Crippen LogP contribution in [0.2, 0.25) is 0 Å². The Kier molecular flexibility index (Phi) is 5.49. The summed E-state index contributed by atoms with van der Waals surface area (Å²) in [6, 6.07) is 18.6. The minimum absolute atomic E-state index is 0.0301. The van der Waals surface area contributed by atoms with Crippen molar-refractivity contribution in [2.45, 2.75) is 31.5 Å². The van der Waals surface area contributed by atoms with Gasteiger partial charge in [0.2, 0.25) is 0 Å². The molecule has 6 nitrogen and oxygen atoms in total. The number of benzene rings is 2. The topological polar surface area (TPSA) is 45.3 Å². The van der Waals surface area contributed by atoms with Crippen LogP contribution in [-0.2, 0) is 6.54 Å². The van der Waals surface area contributed by atoms with Crippen LogP contribution < -0.4 is 9.47 Å². The molecular weight excluding hydrogens is 378 g/mol. The minimum Gasteiger partial charge on any atom is -0.486 e. The summed E-state index contributed by atoms with van der Waals surface area (Å²) in [7, 11) is 0. The molecule has 2 atom stereocenters. The van der Waals surface area contributed by atoms with Gasteiger partial charge in [0.1, 0.15) is 12.7 Å². The standard InChI is InChI=1S/C24H29N3O3/c28-24-26(15-19-7-2-1-3-8-19)13-14-27(24)20-9-6-12-25(16-20)17-21-18-29-22-10-4-5-11-23(22)30-21/h1-5,7-8,10-11,20-21H,6,9,12-18H2/t20-,21-/m0/s1. The molecule has 0 bridgehead atoms. The number of piperidine rings is 1. The van der Waals surface area contributed by atoms with Crippen LogP contribution in [0, 0.1) is 0 Å². The zero-order chi connectivity index (χ0) is 20.3. The van der Waals surface area contributed by atoms with E-state index in [1.807, 2.05) is 47.4 Å². The van der Waals surface area contributed by atoms with Crippen molar-refractivity contribution in [2.24, 2.45) is 0 Å². The molecule has 2 fully saturated rings. The van der Waals surface area contributed by atoms with E-state index in [9.17, 15) is 4.79 Å². The van der Waals surface area contributed by atoms with Crippen LogP contribution in [0.25, 0.3) is 0 Å². The lowest BCUT2D eigenvalue weighted by Gasteiger charge is -2.39. The van der Waals surface area contributed by atoms with Gasteiger partial charge in [0, 0.05) is 38.8 Å². The monoisotopic (exact) mass is 407 g/mol. The average molecular weight is 408 g/mol. The minimum atomic E-state index is 0.0301. The molecule has 0 saturated carbocycles. The maximum absolute atomic E-state index is 13.0. The number of likely N-dealkylation sites (tertiary alicyclic amines) is 1. The van der Waals surface area contributed by atoms with Crippen molar-refractivity contribution in [3.05, 3.63) is 60.2 Å². The number of hydrogen-bond donors (Lipinski definition) is 0. The van der Waals surface area contributed by atoms with Crippen LogP contribution in [0.4, 0.5) is 4.79 Å². The van der Waals surface area contributed by atoms with Gasteiger partial charge < -0.3 is 19.3 Å². The Labute approximate surface area is 178 Å². The number of urea groups is 1. The lowest BCUT2D eigenvalue weighted by molar-refractivity contribution is 0.0400. The Morgan fingerprint density at radius 2 is 1.73 bits per heavy atom. The fraction of sp³-hybridized carbons (Fsp3) is 0.458. The summed E-state index contributed by atoms with van der Waals surface area (Å²) in [5.41, 5.74) is 1.19. The molecule has 0 radical (unpaired) electrons. The van der Waals surface area contributed by atoms with Gasteiger partial charge >= 0.3 is 6.03 Å². The summed E-state index contributed by atoms with van der Waals surface area (Å²) in [5.74, 6) is 1.65. The fourth-order valence-electron chi connectivity index (χ4n) is 4.78. The maximum atomic E-state index is 13.0. The van der Waals surface area contributed by atoms with E-state index in [1.54, 1.807) is 0 Å². The Morgan fingerprint density at radius 1 is 0.933 bits per heavy atom. The number of amides is 2. The van der Waals surface area contributed by atoms with Crippen LogP contribution in [0.1, 0.15) is 18.4 Å². The molecule has 2 aromatic carbocycles. The van der Waals surface area contributed by atoms with Crippen LogP contribution in [0.3, 0.4) is 0 Å². The Morgan fingerprint density at radius 3 is 2.60 bits per heavy atom. The summed E-state index contributed by atoms with van der Waals surface area (Å²) in [6.45, 7) is 5.69. The van der Waals surface area contributed by atoms with Crippen LogP contribution in [-0.4, -0.2) is 72.2 Å². The SMILES string of the molecule is O=C1N(Cc2ccccc2)CCN1[C@H]1CCCN(C[C@H]2COc3ccccc3O2)C1. The van der Waals surface area contributed by atoms with Gasteiger partial charge in [0.05, 0.1) is 0 Å². The lowest BCUT2D eigenvalue weighted by Crippen LogP contribution is -2.52. The smallest absolute Gasteiger partial charge is 0.320 e. The first-order valence-electron chi connectivity index (χ1n) is 11.0. The molecule has 0 aliphatic carbocycles. The van der Waals surface area contributed by atoms with Gasteiger partial charge in [0.25, 0.3) is 0 Å². The third-order valence-corrected chi connectivity index (χ3v) is 6.29. The van der Waals surface area contributed by atoms with Crippen molar-refractivity contribution in [2.75, 3.05) is 39.3 Å². The highest BCUT2D eigenvalue weighted by atomic mass is 16.6. The lowest BCUT2D eigenvalue weighted by atomic mass is 10.0. The molecule has 0 N–H and O–H groups in total. The molecule has 2 saturated heterocycles. The van der Waals surface area contributed by atoms with E-state index in [0.717, 1.165) is 57.1 Å². The Balaban J connectivity index is 1.16. The molecule has 30 heavy (non-hydrogen) atoms. The van der Waals surface area contributed by atoms with Crippen LogP contribution >= 0.6 is 0 Å². The van der Waals surface area contributed by atoms with E-state index in [2.05, 4.69) is 21.9 Å². The molecule has 3 heterocycles. The summed E-state index contributed by atoms with van der Waals surface area (Å²) in [6.07, 6.45) is 2.21. The van der Waals surface area contributed by atoms with E-state index >= 15 is 0 Å². The second-order valence-electron chi connectivity index (χ2n) is 8.44. The highest BCUT2D eigenvalue weighted by Crippen LogP contribution is 2.31. The Hall–Kier alpha value is -2.73. The number of fused-ring (bicyclic) bond motifs is 1. The van der Waals surface area contributed by atoms with Crippen molar-refractivity contribution in [3.8, 4) is 11.5 Å². The highest BCUT2D eigenvalue weighted by molar-refractivity contribution is 5.77. The number of para-hydroxylation sites is 2. The van der Waals surface area contributed by atoms with Crippen molar-refractivity contribution in [1.29, 1.82) is 0 Å². The van der Waals surface area contributed by atoms with E-state index < -0.39 is 0 Å².